The average Bonchev–Trinajstić information content (AvgIpc) is 3.05. The van der Waals surface area contributed by atoms with Gasteiger partial charge in [-0.05, 0) is 18.2 Å². The summed E-state index contributed by atoms with van der Waals surface area (Å²) >= 11 is 0. The molecule has 3 rings (SSSR count). The zero-order chi connectivity index (χ0) is 20.5. The zero-order valence-corrected chi connectivity index (χ0v) is 16.4. The number of aliphatic imine (C=N–C) groups is 2. The number of rotatable bonds is 6. The van der Waals surface area contributed by atoms with Crippen LogP contribution >= 0.6 is 0 Å². The summed E-state index contributed by atoms with van der Waals surface area (Å²) in [4.78, 5) is 27.1. The number of methoxy groups -OCH3 is 1. The molecule has 1 aliphatic heterocycles. The van der Waals surface area contributed by atoms with Gasteiger partial charge in [-0.3, -0.25) is 9.78 Å². The summed E-state index contributed by atoms with van der Waals surface area (Å²) in [6, 6.07) is 4.39. The monoisotopic (exact) mass is 404 g/mol. The fourth-order valence-electron chi connectivity index (χ4n) is 2.83. The van der Waals surface area contributed by atoms with E-state index >= 15 is 0 Å². The molecule has 0 saturated heterocycles. The Bertz CT molecular complexity index is 1130. The van der Waals surface area contributed by atoms with E-state index in [1.807, 2.05) is 0 Å². The predicted octanol–water partition coefficient (Wildman–Crippen LogP) is 1.23. The van der Waals surface area contributed by atoms with Crippen LogP contribution in [0.4, 0.5) is 17.5 Å². The number of nitrogens with two attached hydrogens (primary N) is 1. The topological polar surface area (TPSA) is 143 Å². The molecular weight excluding hydrogens is 384 g/mol. The summed E-state index contributed by atoms with van der Waals surface area (Å²) in [5.74, 6) is 0.464. The molecule has 28 heavy (non-hydrogen) atoms. The van der Waals surface area contributed by atoms with Crippen LogP contribution in [-0.2, 0) is 10.0 Å². The number of nitrogen functional groups attached to an aromatic ring is 1. The molecule has 0 saturated carbocycles. The molecule has 0 fully saturated rings. The van der Waals surface area contributed by atoms with E-state index in [1.165, 1.54) is 35.8 Å². The molecule has 1 aromatic heterocycles. The van der Waals surface area contributed by atoms with Gasteiger partial charge in [-0.1, -0.05) is 13.8 Å². The summed E-state index contributed by atoms with van der Waals surface area (Å²) in [5, 5.41) is 0. The predicted molar refractivity (Wildman–Crippen MR) is 107 cm³/mol. The van der Waals surface area contributed by atoms with E-state index in [4.69, 9.17) is 10.5 Å². The van der Waals surface area contributed by atoms with Crippen LogP contribution in [0.1, 0.15) is 19.4 Å². The molecule has 0 radical (unpaired) electrons. The zero-order valence-electron chi connectivity index (χ0n) is 15.6. The maximum atomic E-state index is 12.8. The molecule has 0 aliphatic carbocycles. The van der Waals surface area contributed by atoms with Gasteiger partial charge in [-0.2, -0.15) is 9.29 Å². The number of nitrogens with one attached hydrogen (secondary N) is 1. The Morgan fingerprint density at radius 2 is 2.00 bits per heavy atom. The SMILES string of the molecule is CCN(CC)S(=O)(=O)c1ccc(OC)c(N=C2C=Nc3nc(N)[nH]c(=O)c32)c1. The van der Waals surface area contributed by atoms with Crippen molar-refractivity contribution in [2.45, 2.75) is 18.7 Å². The van der Waals surface area contributed by atoms with Gasteiger partial charge in [0.1, 0.15) is 17.0 Å². The summed E-state index contributed by atoms with van der Waals surface area (Å²) in [6.07, 6.45) is 1.37. The first-order valence-electron chi connectivity index (χ1n) is 8.52. The molecular formula is C17H20N6O4S. The van der Waals surface area contributed by atoms with Gasteiger partial charge in [-0.15, -0.1) is 0 Å². The number of aromatic amines is 1. The molecule has 0 bridgehead atoms. The van der Waals surface area contributed by atoms with Crippen LogP contribution in [0.3, 0.4) is 0 Å². The van der Waals surface area contributed by atoms with Gasteiger partial charge >= 0.3 is 0 Å². The molecule has 0 unspecified atom stereocenters. The van der Waals surface area contributed by atoms with E-state index in [9.17, 15) is 13.2 Å². The number of nitrogens with zero attached hydrogens (tertiary/aromatic N) is 4. The van der Waals surface area contributed by atoms with E-state index in [0.717, 1.165) is 0 Å². The largest absolute Gasteiger partial charge is 0.494 e. The van der Waals surface area contributed by atoms with Crippen LogP contribution in [0.15, 0.2) is 37.9 Å². The highest BCUT2D eigenvalue weighted by atomic mass is 32.2. The molecule has 0 spiro atoms. The fourth-order valence-corrected chi connectivity index (χ4v) is 4.31. The number of aromatic nitrogens is 2. The van der Waals surface area contributed by atoms with Crippen molar-refractivity contribution in [3.8, 4) is 5.75 Å². The maximum Gasteiger partial charge on any atom is 0.264 e. The first-order chi connectivity index (χ1) is 13.3. The Morgan fingerprint density at radius 1 is 1.29 bits per heavy atom. The second kappa shape index (κ2) is 7.52. The third kappa shape index (κ3) is 3.41. The molecule has 2 aromatic rings. The number of anilines is 1. The lowest BCUT2D eigenvalue weighted by atomic mass is 10.2. The summed E-state index contributed by atoms with van der Waals surface area (Å²) < 4.78 is 32.2. The minimum absolute atomic E-state index is 0.0490. The van der Waals surface area contributed by atoms with Crippen LogP contribution < -0.4 is 16.0 Å². The molecule has 0 amide bonds. The van der Waals surface area contributed by atoms with Crippen molar-refractivity contribution >= 4 is 39.4 Å². The Labute approximate surface area is 161 Å². The van der Waals surface area contributed by atoms with E-state index in [2.05, 4.69) is 20.0 Å². The smallest absolute Gasteiger partial charge is 0.264 e. The van der Waals surface area contributed by atoms with Gasteiger partial charge in [0.25, 0.3) is 5.56 Å². The first kappa shape index (κ1) is 19.7. The third-order valence-electron chi connectivity index (χ3n) is 4.22. The van der Waals surface area contributed by atoms with Gasteiger partial charge < -0.3 is 10.5 Å². The highest BCUT2D eigenvalue weighted by Gasteiger charge is 2.24. The molecule has 0 atom stereocenters. The second-order valence-electron chi connectivity index (χ2n) is 5.83. The minimum atomic E-state index is -3.68. The molecule has 1 aliphatic rings. The van der Waals surface area contributed by atoms with E-state index in [1.54, 1.807) is 13.8 Å². The molecule has 10 nitrogen and oxygen atoms in total. The molecule has 11 heteroatoms. The van der Waals surface area contributed by atoms with Gasteiger partial charge in [0.05, 0.1) is 23.9 Å². The Balaban J connectivity index is 2.13. The van der Waals surface area contributed by atoms with Crippen LogP contribution in [0, 0.1) is 0 Å². The van der Waals surface area contributed by atoms with Crippen molar-refractivity contribution < 1.29 is 13.2 Å². The molecule has 2 heterocycles. The summed E-state index contributed by atoms with van der Waals surface area (Å²) in [7, 11) is -2.23. The van der Waals surface area contributed by atoms with E-state index < -0.39 is 15.6 Å². The molecule has 148 valence electrons. The highest BCUT2D eigenvalue weighted by Crippen LogP contribution is 2.32. The fraction of sp³-hybridized carbons (Fsp3) is 0.294. The molecule has 1 aromatic carbocycles. The van der Waals surface area contributed by atoms with Gasteiger partial charge in [0, 0.05) is 13.1 Å². The van der Waals surface area contributed by atoms with Crippen LogP contribution in [0.5, 0.6) is 5.75 Å². The first-order valence-corrected chi connectivity index (χ1v) is 9.96. The standard InChI is InChI=1S/C17H20N6O4S/c1-4-23(5-2)28(25,26)10-6-7-13(27-3)11(8-10)20-12-9-19-15-14(12)16(24)22-17(18)21-15/h6-9H,4-5H2,1-3H3,(H3,18,21,22,24). The lowest BCUT2D eigenvalue weighted by Crippen LogP contribution is -2.30. The van der Waals surface area contributed by atoms with E-state index in [0.29, 0.717) is 18.8 Å². The lowest BCUT2D eigenvalue weighted by Gasteiger charge is -2.19. The lowest BCUT2D eigenvalue weighted by molar-refractivity contribution is 0.415. The van der Waals surface area contributed by atoms with Crippen LogP contribution in [0.25, 0.3) is 0 Å². The van der Waals surface area contributed by atoms with Gasteiger partial charge in [0.15, 0.2) is 5.82 Å². The number of benzene rings is 1. The Hall–Kier alpha value is -3.05. The maximum absolute atomic E-state index is 12.8. The quantitative estimate of drug-likeness (QED) is 0.741. The number of ether oxygens (including phenoxy) is 1. The summed E-state index contributed by atoms with van der Waals surface area (Å²) in [6.45, 7) is 4.22. The average molecular weight is 404 g/mol. The number of fused-ring (bicyclic) bond motifs is 1. The number of hydrogen-bond donors (Lipinski definition) is 2. The van der Waals surface area contributed by atoms with Crippen LogP contribution in [0.2, 0.25) is 0 Å². The van der Waals surface area contributed by atoms with Crippen molar-refractivity contribution in [1.29, 1.82) is 0 Å². The molecule has 3 N–H and O–H groups in total. The van der Waals surface area contributed by atoms with Gasteiger partial charge in [-0.25, -0.2) is 18.4 Å². The van der Waals surface area contributed by atoms with Crippen molar-refractivity contribution in [1.82, 2.24) is 14.3 Å². The van der Waals surface area contributed by atoms with Crippen molar-refractivity contribution in [2.24, 2.45) is 9.98 Å². The van der Waals surface area contributed by atoms with Gasteiger partial charge in [0.2, 0.25) is 16.0 Å². The van der Waals surface area contributed by atoms with Crippen LogP contribution in [-0.4, -0.2) is 54.8 Å². The Morgan fingerprint density at radius 3 is 2.64 bits per heavy atom. The number of sulfonamides is 1. The van der Waals surface area contributed by atoms with Crippen molar-refractivity contribution in [3.05, 3.63) is 34.1 Å². The Kier molecular flexibility index (Phi) is 5.29. The minimum Gasteiger partial charge on any atom is -0.494 e. The highest BCUT2D eigenvalue weighted by molar-refractivity contribution is 7.89. The normalized spacial score (nSPS) is 14.6. The summed E-state index contributed by atoms with van der Waals surface area (Å²) in [5.41, 5.74) is 5.69. The van der Waals surface area contributed by atoms with Crippen molar-refractivity contribution in [2.75, 3.05) is 25.9 Å². The number of H-pyrrole nitrogens is 1. The second-order valence-corrected chi connectivity index (χ2v) is 7.77. The third-order valence-corrected chi connectivity index (χ3v) is 6.26. The van der Waals surface area contributed by atoms with E-state index in [-0.39, 0.29) is 33.6 Å². The van der Waals surface area contributed by atoms with Crippen molar-refractivity contribution in [3.63, 3.8) is 0 Å². The number of hydrogen-bond acceptors (Lipinski definition) is 8.